The lowest BCUT2D eigenvalue weighted by atomic mass is 9.82. The molecule has 4 nitrogen and oxygen atoms in total. The number of sulfone groups is 1. The summed E-state index contributed by atoms with van der Waals surface area (Å²) in [4.78, 5) is 0. The Bertz CT molecular complexity index is 343. The first-order valence-corrected chi connectivity index (χ1v) is 8.03. The highest BCUT2D eigenvalue weighted by molar-refractivity contribution is 7.92. The maximum Gasteiger partial charge on any atom is 0.156 e. The summed E-state index contributed by atoms with van der Waals surface area (Å²) in [5.74, 6) is 0. The quantitative estimate of drug-likeness (QED) is 0.775. The average molecular weight is 262 g/mol. The fourth-order valence-electron chi connectivity index (χ4n) is 3.29. The molecule has 2 aliphatic heterocycles. The van der Waals surface area contributed by atoms with Crippen LogP contribution in [0.5, 0.6) is 0 Å². The van der Waals surface area contributed by atoms with E-state index in [1.54, 1.807) is 7.11 Å². The molecule has 2 aliphatic rings. The fourth-order valence-corrected chi connectivity index (χ4v) is 5.91. The summed E-state index contributed by atoms with van der Waals surface area (Å²) in [7, 11) is -1.32. The van der Waals surface area contributed by atoms with Gasteiger partial charge in [0.1, 0.15) is 0 Å². The van der Waals surface area contributed by atoms with Crippen LogP contribution in [0.1, 0.15) is 44.9 Å². The Kier molecular flexibility index (Phi) is 3.80. The molecule has 0 aliphatic carbocycles. The predicted octanol–water partition coefficient (Wildman–Crippen LogP) is 1.27. The van der Waals surface area contributed by atoms with Gasteiger partial charge < -0.3 is 9.84 Å². The Morgan fingerprint density at radius 3 is 2.41 bits per heavy atom. The minimum absolute atomic E-state index is 0.303. The van der Waals surface area contributed by atoms with Gasteiger partial charge in [-0.3, -0.25) is 0 Å². The third kappa shape index (κ3) is 2.66. The first-order chi connectivity index (χ1) is 7.98. The molecule has 1 N–H and O–H groups in total. The maximum atomic E-state index is 12.1. The average Bonchev–Trinajstić information content (AvgIpc) is 2.21. The molecule has 2 saturated heterocycles. The van der Waals surface area contributed by atoms with Gasteiger partial charge in [0.05, 0.1) is 16.1 Å². The summed E-state index contributed by atoms with van der Waals surface area (Å²) in [6.45, 7) is 0.629. The van der Waals surface area contributed by atoms with E-state index in [9.17, 15) is 13.5 Å². The lowest BCUT2D eigenvalue weighted by Crippen LogP contribution is -2.51. The molecule has 0 radical (unpaired) electrons. The molecule has 2 unspecified atom stereocenters. The van der Waals surface area contributed by atoms with Crippen molar-refractivity contribution in [1.82, 2.24) is 0 Å². The molecule has 0 amide bonds. The first kappa shape index (κ1) is 13.3. The summed E-state index contributed by atoms with van der Waals surface area (Å²) < 4.78 is 29.1. The molecular formula is C12H22O4S. The molecule has 2 heterocycles. The Morgan fingerprint density at radius 2 is 1.88 bits per heavy atom. The van der Waals surface area contributed by atoms with Gasteiger partial charge in [-0.25, -0.2) is 8.42 Å². The van der Waals surface area contributed by atoms with Crippen molar-refractivity contribution in [3.8, 4) is 0 Å². The largest absolute Gasteiger partial charge is 0.390 e. The first-order valence-electron chi connectivity index (χ1n) is 6.42. The summed E-state index contributed by atoms with van der Waals surface area (Å²) >= 11 is 0. The second kappa shape index (κ2) is 4.86. The van der Waals surface area contributed by atoms with Crippen LogP contribution < -0.4 is 0 Å². The van der Waals surface area contributed by atoms with E-state index in [1.807, 2.05) is 0 Å². The molecule has 2 rings (SSSR count). The zero-order valence-electron chi connectivity index (χ0n) is 10.4. The van der Waals surface area contributed by atoms with Gasteiger partial charge in [0.15, 0.2) is 9.84 Å². The van der Waals surface area contributed by atoms with Gasteiger partial charge in [-0.15, -0.1) is 0 Å². The van der Waals surface area contributed by atoms with Gasteiger partial charge in [-0.05, 0) is 38.5 Å². The number of fused-ring (bicyclic) bond motifs is 2. The smallest absolute Gasteiger partial charge is 0.156 e. The van der Waals surface area contributed by atoms with Gasteiger partial charge in [0.25, 0.3) is 0 Å². The summed E-state index contributed by atoms with van der Waals surface area (Å²) in [6, 6.07) is 0. The SMILES string of the molecule is COCCCC1(O)CC2CCCC(C1)S2(=O)=O. The summed E-state index contributed by atoms with van der Waals surface area (Å²) in [6.07, 6.45) is 4.75. The molecule has 2 bridgehead atoms. The molecule has 2 fully saturated rings. The van der Waals surface area contributed by atoms with Crippen molar-refractivity contribution in [3.05, 3.63) is 0 Å². The summed E-state index contributed by atoms with van der Waals surface area (Å²) in [5.41, 5.74) is -0.778. The third-order valence-electron chi connectivity index (χ3n) is 4.19. The highest BCUT2D eigenvalue weighted by Crippen LogP contribution is 2.43. The van der Waals surface area contributed by atoms with Crippen molar-refractivity contribution in [2.24, 2.45) is 0 Å². The van der Waals surface area contributed by atoms with Gasteiger partial charge >= 0.3 is 0 Å². The van der Waals surface area contributed by atoms with E-state index in [2.05, 4.69) is 0 Å². The van der Waals surface area contributed by atoms with Crippen molar-refractivity contribution in [1.29, 1.82) is 0 Å². The van der Waals surface area contributed by atoms with E-state index in [0.717, 1.165) is 25.7 Å². The van der Waals surface area contributed by atoms with E-state index in [0.29, 0.717) is 25.9 Å². The molecule has 0 aromatic heterocycles. The Labute approximate surface area is 103 Å². The van der Waals surface area contributed by atoms with Crippen molar-refractivity contribution >= 4 is 9.84 Å². The Balaban J connectivity index is 2.05. The fraction of sp³-hybridized carbons (Fsp3) is 1.00. The molecular weight excluding hydrogens is 240 g/mol. The van der Waals surface area contributed by atoms with Crippen LogP contribution >= 0.6 is 0 Å². The molecule has 0 spiro atoms. The maximum absolute atomic E-state index is 12.1. The minimum atomic E-state index is -2.96. The van der Waals surface area contributed by atoms with E-state index >= 15 is 0 Å². The molecule has 17 heavy (non-hydrogen) atoms. The van der Waals surface area contributed by atoms with Crippen LogP contribution in [0.15, 0.2) is 0 Å². The zero-order valence-corrected chi connectivity index (χ0v) is 11.2. The van der Waals surface area contributed by atoms with Crippen molar-refractivity contribution in [3.63, 3.8) is 0 Å². The van der Waals surface area contributed by atoms with Crippen molar-refractivity contribution in [2.45, 2.75) is 61.0 Å². The van der Waals surface area contributed by atoms with Gasteiger partial charge in [0.2, 0.25) is 0 Å². The molecule has 2 atom stereocenters. The topological polar surface area (TPSA) is 63.6 Å². The second-order valence-corrected chi connectivity index (χ2v) is 8.00. The number of hydrogen-bond donors (Lipinski definition) is 1. The summed E-state index contributed by atoms with van der Waals surface area (Å²) in [5, 5.41) is 9.91. The van der Waals surface area contributed by atoms with Gasteiger partial charge in [-0.1, -0.05) is 6.42 Å². The van der Waals surface area contributed by atoms with Gasteiger partial charge in [0, 0.05) is 13.7 Å². The normalized spacial score (nSPS) is 40.1. The number of methoxy groups -OCH3 is 1. The monoisotopic (exact) mass is 262 g/mol. The molecule has 0 saturated carbocycles. The van der Waals surface area contributed by atoms with E-state index < -0.39 is 15.4 Å². The Hall–Kier alpha value is -0.130. The number of ether oxygens (including phenoxy) is 1. The van der Waals surface area contributed by atoms with E-state index in [-0.39, 0.29) is 10.5 Å². The highest BCUT2D eigenvalue weighted by Gasteiger charge is 2.49. The Morgan fingerprint density at radius 1 is 1.29 bits per heavy atom. The van der Waals surface area contributed by atoms with E-state index in [4.69, 9.17) is 4.74 Å². The van der Waals surface area contributed by atoms with E-state index in [1.165, 1.54) is 0 Å². The number of aliphatic hydroxyl groups is 1. The standard InChI is InChI=1S/C12H22O4S/c1-16-7-3-6-12(13)8-10-4-2-5-11(9-12)17(10,14)15/h10-11,13H,2-9H2,1H3. The molecule has 100 valence electrons. The van der Waals surface area contributed by atoms with Crippen LogP contribution in [0, 0.1) is 0 Å². The minimum Gasteiger partial charge on any atom is -0.390 e. The molecule has 5 heteroatoms. The van der Waals surface area contributed by atoms with Crippen molar-refractivity contribution < 1.29 is 18.3 Å². The predicted molar refractivity (Wildman–Crippen MR) is 65.6 cm³/mol. The highest BCUT2D eigenvalue weighted by atomic mass is 32.2. The van der Waals surface area contributed by atoms with Crippen LogP contribution in [0.2, 0.25) is 0 Å². The van der Waals surface area contributed by atoms with Crippen LogP contribution in [0.25, 0.3) is 0 Å². The zero-order chi connectivity index (χ0) is 12.5. The second-order valence-electron chi connectivity index (χ2n) is 5.49. The lowest BCUT2D eigenvalue weighted by molar-refractivity contribution is -0.00506. The van der Waals surface area contributed by atoms with Crippen LogP contribution in [0.4, 0.5) is 0 Å². The molecule has 0 aromatic rings. The molecule has 0 aromatic carbocycles. The number of hydrogen-bond acceptors (Lipinski definition) is 4. The lowest BCUT2D eigenvalue weighted by Gasteiger charge is -2.43. The third-order valence-corrected chi connectivity index (χ3v) is 6.85. The number of rotatable bonds is 4. The van der Waals surface area contributed by atoms with Crippen LogP contribution in [0.3, 0.4) is 0 Å². The van der Waals surface area contributed by atoms with Crippen LogP contribution in [-0.2, 0) is 14.6 Å². The van der Waals surface area contributed by atoms with Crippen molar-refractivity contribution in [2.75, 3.05) is 13.7 Å². The van der Waals surface area contributed by atoms with Gasteiger partial charge in [-0.2, -0.15) is 0 Å². The van der Waals surface area contributed by atoms with Crippen LogP contribution in [-0.4, -0.2) is 43.3 Å².